The largest absolute Gasteiger partial charge is 0.334 e. The van der Waals surface area contributed by atoms with Crippen LogP contribution in [0.4, 0.5) is 0 Å². The van der Waals surface area contributed by atoms with Gasteiger partial charge in [-0.05, 0) is 68.5 Å². The van der Waals surface area contributed by atoms with Crippen LogP contribution in [-0.2, 0) is 28.3 Å². The first-order chi connectivity index (χ1) is 11.9. The summed E-state index contributed by atoms with van der Waals surface area (Å²) in [4.78, 5) is 4.77. The average Bonchev–Trinajstić information content (AvgIpc) is 3.23. The molecule has 25 heavy (non-hydrogen) atoms. The predicted octanol–water partition coefficient (Wildman–Crippen LogP) is 1.51. The molecule has 1 fully saturated rings. The number of nitrogens with two attached hydrogens (primary N) is 1. The highest BCUT2D eigenvalue weighted by Crippen LogP contribution is 2.35. The molecule has 4 rings (SSSR count). The molecule has 1 aliphatic carbocycles. The molecule has 1 aromatic carbocycles. The Balaban J connectivity index is 1.76. The van der Waals surface area contributed by atoms with Crippen LogP contribution in [0.2, 0.25) is 0 Å². The molecular weight excluding hydrogens is 340 g/mol. The van der Waals surface area contributed by atoms with Crippen LogP contribution in [0.3, 0.4) is 0 Å². The summed E-state index contributed by atoms with van der Waals surface area (Å²) in [5.74, 6) is 1.04. The lowest BCUT2D eigenvalue weighted by Gasteiger charge is -2.30. The summed E-state index contributed by atoms with van der Waals surface area (Å²) in [6, 6.07) is 3.53. The number of aryl methyl sites for hydroxylation is 1. The van der Waals surface area contributed by atoms with E-state index in [1.807, 2.05) is 6.07 Å². The summed E-state index contributed by atoms with van der Waals surface area (Å²) in [6.07, 6.45) is 4.40. The van der Waals surface area contributed by atoms with E-state index in [0.29, 0.717) is 17.3 Å². The van der Waals surface area contributed by atoms with Gasteiger partial charge in [-0.25, -0.2) is 13.6 Å². The molecule has 1 saturated heterocycles. The number of hydrogen-bond acceptors (Lipinski definition) is 6. The maximum Gasteiger partial charge on any atom is 0.257 e. The Kier molecular flexibility index (Phi) is 3.93. The van der Waals surface area contributed by atoms with Gasteiger partial charge in [0.1, 0.15) is 0 Å². The minimum atomic E-state index is -3.78. The van der Waals surface area contributed by atoms with Gasteiger partial charge in [-0.15, -0.1) is 0 Å². The van der Waals surface area contributed by atoms with Crippen molar-refractivity contribution >= 4 is 10.0 Å². The van der Waals surface area contributed by atoms with Crippen LogP contribution < -0.4 is 10.5 Å². The van der Waals surface area contributed by atoms with Gasteiger partial charge < -0.3 is 9.84 Å². The smallest absolute Gasteiger partial charge is 0.257 e. The number of sulfonamides is 1. The Morgan fingerprint density at radius 3 is 2.72 bits per heavy atom. The zero-order valence-corrected chi connectivity index (χ0v) is 15.0. The summed E-state index contributed by atoms with van der Waals surface area (Å²) >= 11 is 0. The summed E-state index contributed by atoms with van der Waals surface area (Å²) < 4.78 is 29.4. The first-order valence-corrected chi connectivity index (χ1v) is 10.2. The normalized spacial score (nSPS) is 19.8. The molecule has 0 amide bonds. The SMILES string of the molecule is CC1(c2noc(-c3cc4c(c(S(N)(=O)=O)c3)CCC4)n2)CCNCC1. The molecule has 0 saturated carbocycles. The number of aromatic nitrogens is 2. The van der Waals surface area contributed by atoms with Gasteiger partial charge in [0.2, 0.25) is 10.0 Å². The molecule has 0 unspecified atom stereocenters. The fourth-order valence-electron chi connectivity index (χ4n) is 3.83. The molecule has 134 valence electrons. The Morgan fingerprint density at radius 1 is 1.24 bits per heavy atom. The number of nitrogens with zero attached hydrogens (tertiary/aromatic N) is 2. The Hall–Kier alpha value is -1.77. The summed E-state index contributed by atoms with van der Waals surface area (Å²) in [5, 5.41) is 12.9. The highest BCUT2D eigenvalue weighted by Gasteiger charge is 2.34. The van der Waals surface area contributed by atoms with Crippen molar-refractivity contribution in [2.24, 2.45) is 5.14 Å². The van der Waals surface area contributed by atoms with E-state index in [1.54, 1.807) is 6.07 Å². The van der Waals surface area contributed by atoms with Gasteiger partial charge >= 0.3 is 0 Å². The van der Waals surface area contributed by atoms with Gasteiger partial charge in [0, 0.05) is 11.0 Å². The molecule has 2 aliphatic rings. The van der Waals surface area contributed by atoms with Crippen molar-refractivity contribution in [3.8, 4) is 11.5 Å². The second kappa shape index (κ2) is 5.89. The van der Waals surface area contributed by atoms with Crippen molar-refractivity contribution in [1.82, 2.24) is 15.5 Å². The molecule has 7 nitrogen and oxygen atoms in total. The first kappa shape index (κ1) is 16.7. The molecule has 2 aromatic rings. The van der Waals surface area contributed by atoms with E-state index in [1.165, 1.54) is 0 Å². The second-order valence-corrected chi connectivity index (χ2v) is 8.77. The molecule has 1 aromatic heterocycles. The monoisotopic (exact) mass is 362 g/mol. The predicted molar refractivity (Wildman–Crippen MR) is 92.6 cm³/mol. The minimum Gasteiger partial charge on any atom is -0.334 e. The maximum absolute atomic E-state index is 12.0. The van der Waals surface area contributed by atoms with E-state index < -0.39 is 10.0 Å². The van der Waals surface area contributed by atoms with E-state index in [0.717, 1.165) is 56.3 Å². The topological polar surface area (TPSA) is 111 Å². The minimum absolute atomic E-state index is 0.119. The fraction of sp³-hybridized carbons (Fsp3) is 0.529. The molecule has 3 N–H and O–H groups in total. The third kappa shape index (κ3) is 2.98. The third-order valence-electron chi connectivity index (χ3n) is 5.40. The lowest BCUT2D eigenvalue weighted by atomic mass is 9.80. The van der Waals surface area contributed by atoms with Crippen LogP contribution in [0.1, 0.15) is 43.1 Å². The number of rotatable bonds is 3. The molecule has 0 atom stereocenters. The molecular formula is C17H22N4O3S. The van der Waals surface area contributed by atoms with E-state index in [9.17, 15) is 8.42 Å². The van der Waals surface area contributed by atoms with E-state index in [-0.39, 0.29) is 10.3 Å². The Labute approximate surface area is 147 Å². The van der Waals surface area contributed by atoms with Gasteiger partial charge in [-0.1, -0.05) is 12.1 Å². The number of benzene rings is 1. The van der Waals surface area contributed by atoms with Crippen LogP contribution in [0.25, 0.3) is 11.5 Å². The number of nitrogens with one attached hydrogen (secondary N) is 1. The Bertz CT molecular complexity index is 914. The Morgan fingerprint density at radius 2 is 2.00 bits per heavy atom. The number of hydrogen-bond donors (Lipinski definition) is 2. The molecule has 2 heterocycles. The summed E-state index contributed by atoms with van der Waals surface area (Å²) in [5.41, 5.74) is 2.35. The second-order valence-electron chi connectivity index (χ2n) is 7.24. The van der Waals surface area contributed by atoms with E-state index in [2.05, 4.69) is 22.4 Å². The highest BCUT2D eigenvalue weighted by atomic mass is 32.2. The quantitative estimate of drug-likeness (QED) is 0.856. The standard InChI is InChI=1S/C17H22N4O3S/c1-17(5-7-19-8-6-17)16-20-15(24-21-16)12-9-11-3-2-4-13(11)14(10-12)25(18,22)23/h9-10,19H,2-8H2,1H3,(H2,18,22,23). The zero-order chi connectivity index (χ0) is 17.7. The summed E-state index contributed by atoms with van der Waals surface area (Å²) in [7, 11) is -3.78. The van der Waals surface area contributed by atoms with Gasteiger partial charge in [-0.3, -0.25) is 0 Å². The summed E-state index contributed by atoms with van der Waals surface area (Å²) in [6.45, 7) is 3.99. The number of piperidine rings is 1. The van der Waals surface area contributed by atoms with Crippen molar-refractivity contribution in [3.05, 3.63) is 29.1 Å². The maximum atomic E-state index is 12.0. The van der Waals surface area contributed by atoms with Crippen LogP contribution in [0.15, 0.2) is 21.6 Å². The molecule has 0 spiro atoms. The zero-order valence-electron chi connectivity index (χ0n) is 14.2. The number of primary sulfonamides is 1. The molecule has 8 heteroatoms. The lowest BCUT2D eigenvalue weighted by Crippen LogP contribution is -2.38. The fourth-order valence-corrected chi connectivity index (χ4v) is 4.70. The van der Waals surface area contributed by atoms with Crippen LogP contribution in [0.5, 0.6) is 0 Å². The van der Waals surface area contributed by atoms with Gasteiger partial charge in [0.05, 0.1) is 4.90 Å². The van der Waals surface area contributed by atoms with Crippen LogP contribution in [0, 0.1) is 0 Å². The molecule has 0 radical (unpaired) electrons. The first-order valence-electron chi connectivity index (χ1n) is 8.61. The van der Waals surface area contributed by atoms with Gasteiger partial charge in [0.15, 0.2) is 5.82 Å². The van der Waals surface area contributed by atoms with Gasteiger partial charge in [-0.2, -0.15) is 4.98 Å². The molecule has 0 bridgehead atoms. The van der Waals surface area contributed by atoms with Crippen molar-refractivity contribution in [2.75, 3.05) is 13.1 Å². The van der Waals surface area contributed by atoms with Gasteiger partial charge in [0.25, 0.3) is 5.89 Å². The van der Waals surface area contributed by atoms with Crippen molar-refractivity contribution < 1.29 is 12.9 Å². The molecule has 1 aliphatic heterocycles. The van der Waals surface area contributed by atoms with E-state index in [4.69, 9.17) is 9.66 Å². The highest BCUT2D eigenvalue weighted by molar-refractivity contribution is 7.89. The van der Waals surface area contributed by atoms with Crippen molar-refractivity contribution in [2.45, 2.75) is 49.3 Å². The third-order valence-corrected chi connectivity index (χ3v) is 6.38. The lowest BCUT2D eigenvalue weighted by molar-refractivity contribution is 0.303. The average molecular weight is 362 g/mol. The van der Waals surface area contributed by atoms with Crippen molar-refractivity contribution in [1.29, 1.82) is 0 Å². The van der Waals surface area contributed by atoms with Crippen LogP contribution in [-0.4, -0.2) is 31.6 Å². The van der Waals surface area contributed by atoms with Crippen molar-refractivity contribution in [3.63, 3.8) is 0 Å². The van der Waals surface area contributed by atoms with E-state index >= 15 is 0 Å². The number of fused-ring (bicyclic) bond motifs is 1. The van der Waals surface area contributed by atoms with Crippen LogP contribution >= 0.6 is 0 Å².